The molecular weight excluding hydrogens is 126 g/mol. The maximum atomic E-state index is 8.76. The second-order valence-corrected chi connectivity index (χ2v) is 2.66. The summed E-state index contributed by atoms with van der Waals surface area (Å²) < 4.78 is 0. The highest BCUT2D eigenvalue weighted by molar-refractivity contribution is 5.06. The number of nitrogens with zero attached hydrogens (tertiary/aromatic N) is 1. The summed E-state index contributed by atoms with van der Waals surface area (Å²) in [5, 5.41) is 8.76. The summed E-state index contributed by atoms with van der Waals surface area (Å²) in [7, 11) is 0. The van der Waals surface area contributed by atoms with Crippen molar-refractivity contribution in [1.29, 1.82) is 0 Å². The summed E-state index contributed by atoms with van der Waals surface area (Å²) in [6.07, 6.45) is 3.18. The third kappa shape index (κ3) is 1.82. The van der Waals surface area contributed by atoms with Gasteiger partial charge in [0.1, 0.15) is 0 Å². The van der Waals surface area contributed by atoms with Crippen LogP contribution in [0.5, 0.6) is 0 Å². The van der Waals surface area contributed by atoms with Crippen molar-refractivity contribution >= 4 is 0 Å². The van der Waals surface area contributed by atoms with E-state index in [1.807, 2.05) is 0 Å². The molecule has 0 aromatic rings. The van der Waals surface area contributed by atoms with E-state index in [4.69, 9.17) is 5.11 Å². The second-order valence-electron chi connectivity index (χ2n) is 2.66. The maximum absolute atomic E-state index is 8.76. The van der Waals surface area contributed by atoms with Crippen molar-refractivity contribution in [1.82, 2.24) is 4.90 Å². The van der Waals surface area contributed by atoms with Gasteiger partial charge in [0.2, 0.25) is 0 Å². The van der Waals surface area contributed by atoms with Crippen LogP contribution in [0.25, 0.3) is 0 Å². The molecule has 1 aliphatic rings. The topological polar surface area (TPSA) is 23.5 Å². The zero-order chi connectivity index (χ0) is 7.40. The Morgan fingerprint density at radius 3 is 2.90 bits per heavy atom. The summed E-state index contributed by atoms with van der Waals surface area (Å²) >= 11 is 0. The molecule has 1 aliphatic heterocycles. The molecule has 0 aromatic heterocycles. The van der Waals surface area contributed by atoms with Gasteiger partial charge in [0.05, 0.1) is 6.61 Å². The average Bonchev–Trinajstić information content (AvgIpc) is 2.05. The van der Waals surface area contributed by atoms with Crippen LogP contribution in [0.3, 0.4) is 0 Å². The highest BCUT2D eigenvalue weighted by atomic mass is 16.3. The van der Waals surface area contributed by atoms with Crippen LogP contribution in [-0.4, -0.2) is 36.2 Å². The van der Waals surface area contributed by atoms with Crippen molar-refractivity contribution < 1.29 is 5.11 Å². The van der Waals surface area contributed by atoms with Crippen molar-refractivity contribution in [2.75, 3.05) is 26.2 Å². The largest absolute Gasteiger partial charge is 0.392 e. The minimum absolute atomic E-state index is 0.248. The zero-order valence-corrected chi connectivity index (χ0v) is 6.51. The van der Waals surface area contributed by atoms with Crippen molar-refractivity contribution in [2.45, 2.75) is 13.3 Å². The van der Waals surface area contributed by atoms with Crippen molar-refractivity contribution in [3.8, 4) is 0 Å². The van der Waals surface area contributed by atoms with E-state index in [1.165, 1.54) is 5.57 Å². The molecule has 2 nitrogen and oxygen atoms in total. The van der Waals surface area contributed by atoms with E-state index >= 15 is 0 Å². The Balaban J connectivity index is 2.36. The molecule has 0 atom stereocenters. The fourth-order valence-corrected chi connectivity index (χ4v) is 1.18. The molecule has 0 bridgehead atoms. The van der Waals surface area contributed by atoms with Crippen LogP contribution in [0.1, 0.15) is 13.3 Å². The van der Waals surface area contributed by atoms with Crippen LogP contribution in [-0.2, 0) is 0 Å². The predicted octanol–water partition coefficient (Wildman–Crippen LogP) is 0.631. The summed E-state index contributed by atoms with van der Waals surface area (Å²) in [6, 6.07) is 0. The fraction of sp³-hybridized carbons (Fsp3) is 0.750. The van der Waals surface area contributed by atoms with E-state index in [-0.39, 0.29) is 6.61 Å². The molecule has 0 spiro atoms. The third-order valence-corrected chi connectivity index (χ3v) is 2.04. The highest BCUT2D eigenvalue weighted by Crippen LogP contribution is 2.08. The van der Waals surface area contributed by atoms with E-state index in [1.54, 1.807) is 0 Å². The van der Waals surface area contributed by atoms with Gasteiger partial charge in [-0.25, -0.2) is 0 Å². The van der Waals surface area contributed by atoms with Gasteiger partial charge in [0, 0.05) is 13.1 Å². The SMILES string of the molecule is CCN1CC=C(CO)CC1. The zero-order valence-electron chi connectivity index (χ0n) is 6.51. The number of likely N-dealkylation sites (N-methyl/N-ethyl adjacent to an activating group) is 1. The molecular formula is C8H15NO. The van der Waals surface area contributed by atoms with Crippen molar-refractivity contribution in [2.24, 2.45) is 0 Å². The van der Waals surface area contributed by atoms with Crippen LogP contribution in [0, 0.1) is 0 Å². The van der Waals surface area contributed by atoms with Gasteiger partial charge in [-0.05, 0) is 18.5 Å². The first-order valence-corrected chi connectivity index (χ1v) is 3.88. The lowest BCUT2D eigenvalue weighted by molar-refractivity contribution is 0.280. The van der Waals surface area contributed by atoms with E-state index in [0.29, 0.717) is 0 Å². The number of aliphatic hydroxyl groups excluding tert-OH is 1. The molecule has 10 heavy (non-hydrogen) atoms. The predicted molar refractivity (Wildman–Crippen MR) is 41.9 cm³/mol. The number of hydrogen-bond acceptors (Lipinski definition) is 2. The summed E-state index contributed by atoms with van der Waals surface area (Å²) in [5.74, 6) is 0. The molecule has 0 saturated heterocycles. The van der Waals surface area contributed by atoms with Gasteiger partial charge < -0.3 is 5.11 Å². The quantitative estimate of drug-likeness (QED) is 0.570. The van der Waals surface area contributed by atoms with Gasteiger partial charge >= 0.3 is 0 Å². The first-order valence-electron chi connectivity index (χ1n) is 3.88. The highest BCUT2D eigenvalue weighted by Gasteiger charge is 2.07. The first-order chi connectivity index (χ1) is 4.86. The molecule has 0 unspecified atom stereocenters. The maximum Gasteiger partial charge on any atom is 0.0642 e. The molecule has 58 valence electrons. The Morgan fingerprint density at radius 1 is 1.70 bits per heavy atom. The summed E-state index contributed by atoms with van der Waals surface area (Å²) in [6.45, 7) is 5.67. The van der Waals surface area contributed by atoms with Crippen LogP contribution < -0.4 is 0 Å². The van der Waals surface area contributed by atoms with Crippen LogP contribution in [0.2, 0.25) is 0 Å². The minimum Gasteiger partial charge on any atom is -0.392 e. The Labute approximate surface area is 62.2 Å². The molecule has 2 heteroatoms. The standard InChI is InChI=1S/C8H15NO/c1-2-9-5-3-8(7-10)4-6-9/h3,10H,2,4-7H2,1H3. The fourth-order valence-electron chi connectivity index (χ4n) is 1.18. The van der Waals surface area contributed by atoms with Crippen molar-refractivity contribution in [3.05, 3.63) is 11.6 Å². The van der Waals surface area contributed by atoms with E-state index in [9.17, 15) is 0 Å². The van der Waals surface area contributed by atoms with Gasteiger partial charge in [-0.2, -0.15) is 0 Å². The van der Waals surface area contributed by atoms with Gasteiger partial charge in [0.15, 0.2) is 0 Å². The second kappa shape index (κ2) is 3.74. The average molecular weight is 141 g/mol. The third-order valence-electron chi connectivity index (χ3n) is 2.04. The molecule has 0 amide bonds. The lowest BCUT2D eigenvalue weighted by Gasteiger charge is -2.23. The minimum atomic E-state index is 0.248. The normalized spacial score (nSPS) is 20.8. The Bertz CT molecular complexity index is 131. The Kier molecular flexibility index (Phi) is 2.90. The molecule has 0 saturated carbocycles. The molecule has 0 fully saturated rings. The van der Waals surface area contributed by atoms with Gasteiger partial charge in [-0.1, -0.05) is 13.0 Å². The molecule has 0 radical (unpaired) electrons. The van der Waals surface area contributed by atoms with Gasteiger partial charge in [0.25, 0.3) is 0 Å². The Morgan fingerprint density at radius 2 is 2.50 bits per heavy atom. The lowest BCUT2D eigenvalue weighted by atomic mass is 10.1. The number of hydrogen-bond donors (Lipinski definition) is 1. The molecule has 1 heterocycles. The van der Waals surface area contributed by atoms with Crippen LogP contribution >= 0.6 is 0 Å². The molecule has 0 aromatic carbocycles. The van der Waals surface area contributed by atoms with E-state index < -0.39 is 0 Å². The van der Waals surface area contributed by atoms with Crippen LogP contribution in [0.4, 0.5) is 0 Å². The smallest absolute Gasteiger partial charge is 0.0642 e. The monoisotopic (exact) mass is 141 g/mol. The lowest BCUT2D eigenvalue weighted by Crippen LogP contribution is -2.28. The van der Waals surface area contributed by atoms with Gasteiger partial charge in [-0.15, -0.1) is 0 Å². The van der Waals surface area contributed by atoms with E-state index in [0.717, 1.165) is 26.1 Å². The first kappa shape index (κ1) is 7.76. The molecule has 1 N–H and O–H groups in total. The number of aliphatic hydroxyl groups is 1. The van der Waals surface area contributed by atoms with Crippen molar-refractivity contribution in [3.63, 3.8) is 0 Å². The molecule has 0 aliphatic carbocycles. The van der Waals surface area contributed by atoms with Crippen LogP contribution in [0.15, 0.2) is 11.6 Å². The Hall–Kier alpha value is -0.340. The summed E-state index contributed by atoms with van der Waals surface area (Å²) in [5.41, 5.74) is 1.20. The summed E-state index contributed by atoms with van der Waals surface area (Å²) in [4.78, 5) is 2.36. The van der Waals surface area contributed by atoms with E-state index in [2.05, 4.69) is 17.9 Å². The molecule has 1 rings (SSSR count). The number of rotatable bonds is 2. The van der Waals surface area contributed by atoms with Gasteiger partial charge in [-0.3, -0.25) is 4.90 Å².